The molecule has 0 aliphatic carbocycles. The summed E-state index contributed by atoms with van der Waals surface area (Å²) < 4.78 is 33.6. The molecule has 3 nitrogen and oxygen atoms in total. The standard InChI is InChI=1S/C13H12O3S.Li/c1-9(2)13-11-6-4-3-5-10(11)7-8-12(13)17(14,15)16;/h3-8H,1H2,2H3,(H,14,15,16);/q;+1/p-1. The second kappa shape index (κ2) is 5.29. The Morgan fingerprint density at radius 1 is 1.17 bits per heavy atom. The van der Waals surface area contributed by atoms with Crippen molar-refractivity contribution in [1.29, 1.82) is 0 Å². The van der Waals surface area contributed by atoms with Gasteiger partial charge in [0, 0.05) is 5.56 Å². The Labute approximate surface area is 118 Å². The van der Waals surface area contributed by atoms with Crippen LogP contribution in [-0.2, 0) is 10.1 Å². The van der Waals surface area contributed by atoms with Crippen LogP contribution in [0.5, 0.6) is 0 Å². The first-order valence-electron chi connectivity index (χ1n) is 5.05. The van der Waals surface area contributed by atoms with Crippen LogP contribution in [0.15, 0.2) is 47.9 Å². The van der Waals surface area contributed by atoms with Crippen LogP contribution in [-0.4, -0.2) is 13.0 Å². The molecule has 2 rings (SSSR count). The molecule has 0 radical (unpaired) electrons. The molecular formula is C13H11LiO3S. The van der Waals surface area contributed by atoms with E-state index in [0.717, 1.165) is 10.8 Å². The summed E-state index contributed by atoms with van der Waals surface area (Å²) in [4.78, 5) is -0.205. The van der Waals surface area contributed by atoms with Gasteiger partial charge >= 0.3 is 18.9 Å². The molecule has 0 heterocycles. The molecule has 88 valence electrons. The zero-order valence-corrected chi connectivity index (χ0v) is 11.1. The molecule has 5 heteroatoms. The summed E-state index contributed by atoms with van der Waals surface area (Å²) in [6.45, 7) is 5.44. The summed E-state index contributed by atoms with van der Waals surface area (Å²) in [5.74, 6) is 0. The molecule has 2 aromatic rings. The van der Waals surface area contributed by atoms with E-state index in [0.29, 0.717) is 11.1 Å². The summed E-state index contributed by atoms with van der Waals surface area (Å²) in [6.07, 6.45) is 0. The maximum Gasteiger partial charge on any atom is 1.00 e. The van der Waals surface area contributed by atoms with Crippen LogP contribution in [0.1, 0.15) is 12.5 Å². The molecule has 0 unspecified atom stereocenters. The van der Waals surface area contributed by atoms with Crippen molar-refractivity contribution in [3.05, 3.63) is 48.5 Å². The normalized spacial score (nSPS) is 11.0. The van der Waals surface area contributed by atoms with E-state index in [1.54, 1.807) is 25.1 Å². The van der Waals surface area contributed by atoms with Crippen molar-refractivity contribution in [1.82, 2.24) is 0 Å². The third kappa shape index (κ3) is 2.68. The Balaban J connectivity index is 0.00000162. The van der Waals surface area contributed by atoms with Crippen molar-refractivity contribution >= 4 is 26.5 Å². The van der Waals surface area contributed by atoms with E-state index in [1.807, 2.05) is 12.1 Å². The van der Waals surface area contributed by atoms with E-state index < -0.39 is 10.1 Å². The van der Waals surface area contributed by atoms with Gasteiger partial charge in [-0.05, 0) is 29.3 Å². The maximum atomic E-state index is 11.2. The fraction of sp³-hybridized carbons (Fsp3) is 0.0769. The predicted octanol–water partition coefficient (Wildman–Crippen LogP) is -0.219. The third-order valence-electron chi connectivity index (χ3n) is 2.59. The summed E-state index contributed by atoms with van der Waals surface area (Å²) in [5.41, 5.74) is 0.981. The van der Waals surface area contributed by atoms with E-state index in [1.165, 1.54) is 6.07 Å². The molecule has 0 saturated carbocycles. The Morgan fingerprint density at radius 2 is 1.78 bits per heavy atom. The van der Waals surface area contributed by atoms with Gasteiger partial charge in [0.1, 0.15) is 10.1 Å². The molecule has 0 aromatic heterocycles. The molecule has 2 aromatic carbocycles. The topological polar surface area (TPSA) is 57.2 Å². The van der Waals surface area contributed by atoms with Crippen LogP contribution in [0, 0.1) is 0 Å². The smallest absolute Gasteiger partial charge is 0.744 e. The Hall–Kier alpha value is -1.05. The summed E-state index contributed by atoms with van der Waals surface area (Å²) in [7, 11) is -4.48. The molecule has 0 spiro atoms. The molecule has 0 bridgehead atoms. The van der Waals surface area contributed by atoms with Crippen LogP contribution in [0.25, 0.3) is 16.3 Å². The minimum Gasteiger partial charge on any atom is -0.744 e. The number of hydrogen-bond acceptors (Lipinski definition) is 3. The van der Waals surface area contributed by atoms with Gasteiger partial charge in [-0.25, -0.2) is 8.42 Å². The first-order chi connectivity index (χ1) is 7.91. The minimum atomic E-state index is -4.48. The molecular weight excluding hydrogens is 243 g/mol. The first kappa shape index (κ1) is 15.0. The van der Waals surface area contributed by atoms with Crippen molar-refractivity contribution in [2.24, 2.45) is 0 Å². The fourth-order valence-electron chi connectivity index (χ4n) is 1.90. The van der Waals surface area contributed by atoms with E-state index >= 15 is 0 Å². The number of rotatable bonds is 2. The van der Waals surface area contributed by atoms with Gasteiger partial charge in [-0.3, -0.25) is 0 Å². The minimum absolute atomic E-state index is 0. The van der Waals surface area contributed by atoms with Crippen molar-refractivity contribution in [2.45, 2.75) is 11.8 Å². The van der Waals surface area contributed by atoms with Gasteiger partial charge in [0.15, 0.2) is 0 Å². The molecule has 18 heavy (non-hydrogen) atoms. The van der Waals surface area contributed by atoms with Crippen molar-refractivity contribution in [3.8, 4) is 0 Å². The summed E-state index contributed by atoms with van der Waals surface area (Å²) >= 11 is 0. The average Bonchev–Trinajstić information content (AvgIpc) is 2.26. The largest absolute Gasteiger partial charge is 1.00 e. The average molecular weight is 254 g/mol. The monoisotopic (exact) mass is 254 g/mol. The van der Waals surface area contributed by atoms with Crippen LogP contribution >= 0.6 is 0 Å². The predicted molar refractivity (Wildman–Crippen MR) is 66.6 cm³/mol. The van der Waals surface area contributed by atoms with E-state index in [9.17, 15) is 13.0 Å². The Morgan fingerprint density at radius 3 is 2.33 bits per heavy atom. The van der Waals surface area contributed by atoms with Crippen molar-refractivity contribution in [3.63, 3.8) is 0 Å². The zero-order chi connectivity index (χ0) is 12.6. The van der Waals surface area contributed by atoms with Crippen LogP contribution < -0.4 is 18.9 Å². The van der Waals surface area contributed by atoms with Gasteiger partial charge in [0.05, 0.1) is 4.90 Å². The van der Waals surface area contributed by atoms with Crippen LogP contribution in [0.2, 0.25) is 0 Å². The van der Waals surface area contributed by atoms with Crippen molar-refractivity contribution in [2.75, 3.05) is 0 Å². The van der Waals surface area contributed by atoms with Crippen molar-refractivity contribution < 1.29 is 31.8 Å². The van der Waals surface area contributed by atoms with Crippen LogP contribution in [0.4, 0.5) is 0 Å². The van der Waals surface area contributed by atoms with E-state index in [4.69, 9.17) is 0 Å². The van der Waals surface area contributed by atoms with Gasteiger partial charge in [-0.1, -0.05) is 36.9 Å². The van der Waals surface area contributed by atoms with Crippen LogP contribution in [0.3, 0.4) is 0 Å². The third-order valence-corrected chi connectivity index (χ3v) is 3.47. The Kier molecular flexibility index (Phi) is 4.41. The molecule has 0 amide bonds. The van der Waals surface area contributed by atoms with Gasteiger partial charge < -0.3 is 4.55 Å². The maximum absolute atomic E-state index is 11.2. The number of fused-ring (bicyclic) bond motifs is 1. The number of benzene rings is 2. The quantitative estimate of drug-likeness (QED) is 0.550. The molecule has 0 N–H and O–H groups in total. The van der Waals surface area contributed by atoms with Gasteiger partial charge in [-0.2, -0.15) is 0 Å². The molecule has 0 aliphatic rings. The number of hydrogen-bond donors (Lipinski definition) is 0. The second-order valence-electron chi connectivity index (χ2n) is 3.89. The second-order valence-corrected chi connectivity index (χ2v) is 5.24. The molecule has 0 aliphatic heterocycles. The van der Waals surface area contributed by atoms with E-state index in [-0.39, 0.29) is 23.8 Å². The molecule has 0 fully saturated rings. The van der Waals surface area contributed by atoms with E-state index in [2.05, 4.69) is 6.58 Å². The zero-order valence-electron chi connectivity index (χ0n) is 10.3. The first-order valence-corrected chi connectivity index (χ1v) is 6.45. The fourth-order valence-corrected chi connectivity index (χ4v) is 2.67. The SMILES string of the molecule is C=C(C)c1c(S(=O)(=O)[O-])ccc2ccccc12.[Li+]. The molecule has 0 saturated heterocycles. The summed E-state index contributed by atoms with van der Waals surface area (Å²) in [6, 6.07) is 10.3. The van der Waals surface area contributed by atoms with Gasteiger partial charge in [0.25, 0.3) is 0 Å². The summed E-state index contributed by atoms with van der Waals surface area (Å²) in [5, 5.41) is 1.62. The Bertz CT molecular complexity index is 705. The number of allylic oxidation sites excluding steroid dienone is 1. The molecule has 0 atom stereocenters. The van der Waals surface area contributed by atoms with Gasteiger partial charge in [-0.15, -0.1) is 0 Å². The van der Waals surface area contributed by atoms with Gasteiger partial charge in [0.2, 0.25) is 0 Å².